The van der Waals surface area contributed by atoms with E-state index in [-0.39, 0.29) is 17.8 Å². The maximum atomic E-state index is 11.5. The van der Waals surface area contributed by atoms with Crippen molar-refractivity contribution in [1.29, 1.82) is 0 Å². The first kappa shape index (κ1) is 16.3. The number of halogens is 3. The minimum absolute atomic E-state index is 0.143. The molecule has 8 heteroatoms. The lowest BCUT2D eigenvalue weighted by Gasteiger charge is -2.29. The average molecular weight is 453 g/mol. The monoisotopic (exact) mass is 452 g/mol. The molecule has 118 valence electrons. The first-order valence-corrected chi connectivity index (χ1v) is 8.84. The molecule has 0 aromatic carbocycles. The Kier molecular flexibility index (Phi) is 4.55. The fraction of sp³-hybridized carbons (Fsp3) is 0.429. The standard InChI is InChI=1S/C14H15Cl2IN4O/c15-8-5-9(13(19)22)20-14-10(8)11(16)12(17)21(14)7-3-1-2-6(18)4-7/h5-7H,1-4,18H2,(H2,19,22). The Morgan fingerprint density at radius 2 is 2.14 bits per heavy atom. The molecule has 1 fully saturated rings. The van der Waals surface area contributed by atoms with Crippen LogP contribution in [0.15, 0.2) is 6.07 Å². The zero-order valence-corrected chi connectivity index (χ0v) is 15.3. The third kappa shape index (κ3) is 2.70. The zero-order valence-electron chi connectivity index (χ0n) is 11.7. The first-order valence-electron chi connectivity index (χ1n) is 7.01. The summed E-state index contributed by atoms with van der Waals surface area (Å²) in [6.45, 7) is 0. The quantitative estimate of drug-likeness (QED) is 0.683. The fourth-order valence-corrected chi connectivity index (χ4v) is 4.58. The molecule has 0 radical (unpaired) electrons. The summed E-state index contributed by atoms with van der Waals surface area (Å²) in [4.78, 5) is 15.9. The van der Waals surface area contributed by atoms with Crippen molar-refractivity contribution >= 4 is 62.7 Å². The van der Waals surface area contributed by atoms with E-state index in [0.717, 1.165) is 29.4 Å². The van der Waals surface area contributed by atoms with Crippen LogP contribution >= 0.6 is 45.8 Å². The fourth-order valence-electron chi connectivity index (χ4n) is 3.08. The zero-order chi connectivity index (χ0) is 16.0. The van der Waals surface area contributed by atoms with Gasteiger partial charge in [0.05, 0.1) is 15.4 Å². The molecule has 5 nitrogen and oxygen atoms in total. The van der Waals surface area contributed by atoms with Crippen molar-refractivity contribution in [2.24, 2.45) is 11.5 Å². The molecule has 3 rings (SSSR count). The molecule has 1 aliphatic rings. The topological polar surface area (TPSA) is 86.9 Å². The number of hydrogen-bond acceptors (Lipinski definition) is 3. The summed E-state index contributed by atoms with van der Waals surface area (Å²) in [6.07, 6.45) is 3.95. The van der Waals surface area contributed by atoms with Gasteiger partial charge in [0.1, 0.15) is 15.0 Å². The van der Waals surface area contributed by atoms with Crippen molar-refractivity contribution < 1.29 is 4.79 Å². The van der Waals surface area contributed by atoms with E-state index in [9.17, 15) is 4.79 Å². The predicted octanol–water partition coefficient (Wildman–Crippen LogP) is 3.49. The second-order valence-corrected chi connectivity index (χ2v) is 7.41. The van der Waals surface area contributed by atoms with E-state index in [1.807, 2.05) is 0 Å². The van der Waals surface area contributed by atoms with E-state index in [0.29, 0.717) is 21.1 Å². The number of nitrogens with two attached hydrogens (primary N) is 2. The maximum absolute atomic E-state index is 11.5. The van der Waals surface area contributed by atoms with Crippen molar-refractivity contribution in [3.8, 4) is 0 Å². The molecule has 2 aromatic rings. The molecule has 2 atom stereocenters. The Morgan fingerprint density at radius 1 is 1.41 bits per heavy atom. The predicted molar refractivity (Wildman–Crippen MR) is 96.5 cm³/mol. The Balaban J connectivity index is 2.24. The molecule has 2 aromatic heterocycles. The number of hydrogen-bond donors (Lipinski definition) is 2. The third-order valence-corrected chi connectivity index (χ3v) is 6.14. The van der Waals surface area contributed by atoms with Gasteiger partial charge in [-0.05, 0) is 54.3 Å². The Bertz CT molecular complexity index is 761. The molecule has 22 heavy (non-hydrogen) atoms. The molecule has 2 unspecified atom stereocenters. The van der Waals surface area contributed by atoms with Gasteiger partial charge >= 0.3 is 0 Å². The molecule has 1 aliphatic carbocycles. The average Bonchev–Trinajstić information content (AvgIpc) is 2.71. The molecular weight excluding hydrogens is 438 g/mol. The van der Waals surface area contributed by atoms with Gasteiger partial charge in [0.2, 0.25) is 0 Å². The number of aromatic nitrogens is 2. The van der Waals surface area contributed by atoms with Gasteiger partial charge in [-0.3, -0.25) is 4.79 Å². The minimum Gasteiger partial charge on any atom is -0.364 e. The number of primary amides is 1. The van der Waals surface area contributed by atoms with Crippen LogP contribution in [-0.4, -0.2) is 21.5 Å². The second kappa shape index (κ2) is 6.14. The van der Waals surface area contributed by atoms with E-state index in [2.05, 4.69) is 32.1 Å². The van der Waals surface area contributed by atoms with Gasteiger partial charge in [0, 0.05) is 12.1 Å². The van der Waals surface area contributed by atoms with E-state index in [4.69, 9.17) is 34.7 Å². The highest BCUT2D eigenvalue weighted by Gasteiger charge is 2.27. The van der Waals surface area contributed by atoms with E-state index in [1.54, 1.807) is 0 Å². The number of amides is 1. The van der Waals surface area contributed by atoms with Crippen LogP contribution in [-0.2, 0) is 0 Å². The van der Waals surface area contributed by atoms with Gasteiger partial charge in [-0.15, -0.1) is 0 Å². The highest BCUT2D eigenvalue weighted by atomic mass is 127. The number of nitrogens with zero attached hydrogens (tertiary/aromatic N) is 2. The maximum Gasteiger partial charge on any atom is 0.267 e. The number of fused-ring (bicyclic) bond motifs is 1. The van der Waals surface area contributed by atoms with Gasteiger partial charge < -0.3 is 16.0 Å². The lowest BCUT2D eigenvalue weighted by molar-refractivity contribution is 0.0996. The second-order valence-electron chi connectivity index (χ2n) is 5.61. The Hall–Kier alpha value is -0.570. The van der Waals surface area contributed by atoms with Crippen molar-refractivity contribution in [3.05, 3.63) is 25.5 Å². The summed E-state index contributed by atoms with van der Waals surface area (Å²) in [7, 11) is 0. The Labute approximate surface area is 151 Å². The van der Waals surface area contributed by atoms with Crippen LogP contribution in [0.25, 0.3) is 11.0 Å². The summed E-state index contributed by atoms with van der Waals surface area (Å²) in [6, 6.07) is 1.84. The Morgan fingerprint density at radius 3 is 2.77 bits per heavy atom. The van der Waals surface area contributed by atoms with Crippen LogP contribution in [0, 0.1) is 3.70 Å². The number of carbonyl (C=O) groups is 1. The summed E-state index contributed by atoms with van der Waals surface area (Å²) in [5.74, 6) is -0.608. The van der Waals surface area contributed by atoms with Gasteiger partial charge in [0.15, 0.2) is 0 Å². The van der Waals surface area contributed by atoms with Gasteiger partial charge in [-0.2, -0.15) is 0 Å². The van der Waals surface area contributed by atoms with Crippen LogP contribution < -0.4 is 11.5 Å². The van der Waals surface area contributed by atoms with Crippen molar-refractivity contribution in [1.82, 2.24) is 9.55 Å². The normalized spacial score (nSPS) is 22.2. The van der Waals surface area contributed by atoms with Crippen molar-refractivity contribution in [2.75, 3.05) is 0 Å². The van der Waals surface area contributed by atoms with E-state index < -0.39 is 5.91 Å². The minimum atomic E-state index is -0.608. The largest absolute Gasteiger partial charge is 0.364 e. The van der Waals surface area contributed by atoms with Crippen LogP contribution in [0.5, 0.6) is 0 Å². The van der Waals surface area contributed by atoms with E-state index in [1.165, 1.54) is 6.07 Å². The molecule has 0 bridgehead atoms. The SMILES string of the molecule is NC(=O)c1cc(Cl)c2c(Cl)c(I)n(C3CCCC(N)C3)c2n1. The molecular formula is C14H15Cl2IN4O. The van der Waals surface area contributed by atoms with E-state index >= 15 is 0 Å². The first-order chi connectivity index (χ1) is 10.4. The highest BCUT2D eigenvalue weighted by molar-refractivity contribution is 14.1. The van der Waals surface area contributed by atoms with Crippen molar-refractivity contribution in [3.63, 3.8) is 0 Å². The van der Waals surface area contributed by atoms with Crippen LogP contribution in [0.3, 0.4) is 0 Å². The van der Waals surface area contributed by atoms with Crippen LogP contribution in [0.4, 0.5) is 0 Å². The number of rotatable bonds is 2. The molecule has 0 saturated heterocycles. The lowest BCUT2D eigenvalue weighted by atomic mass is 9.91. The molecule has 4 N–H and O–H groups in total. The highest BCUT2D eigenvalue weighted by Crippen LogP contribution is 2.40. The van der Waals surface area contributed by atoms with Gasteiger partial charge in [-0.1, -0.05) is 23.2 Å². The molecule has 0 spiro atoms. The number of pyridine rings is 1. The number of carbonyl (C=O) groups excluding carboxylic acids is 1. The van der Waals surface area contributed by atoms with Crippen LogP contribution in [0.2, 0.25) is 10.0 Å². The van der Waals surface area contributed by atoms with Gasteiger partial charge in [0.25, 0.3) is 5.91 Å². The summed E-state index contributed by atoms with van der Waals surface area (Å²) >= 11 is 14.9. The molecule has 2 heterocycles. The smallest absolute Gasteiger partial charge is 0.267 e. The van der Waals surface area contributed by atoms with Gasteiger partial charge in [-0.25, -0.2) is 4.98 Å². The molecule has 0 aliphatic heterocycles. The molecule has 1 saturated carbocycles. The van der Waals surface area contributed by atoms with Crippen molar-refractivity contribution in [2.45, 2.75) is 37.8 Å². The third-order valence-electron chi connectivity index (χ3n) is 4.10. The lowest BCUT2D eigenvalue weighted by Crippen LogP contribution is -2.30. The molecule has 1 amide bonds. The summed E-state index contributed by atoms with van der Waals surface area (Å²) in [5, 5.41) is 1.61. The summed E-state index contributed by atoms with van der Waals surface area (Å²) < 4.78 is 2.92. The van der Waals surface area contributed by atoms with Crippen LogP contribution in [0.1, 0.15) is 42.2 Å². The summed E-state index contributed by atoms with van der Waals surface area (Å²) in [5.41, 5.74) is 12.2.